The molecule has 2 aromatic carbocycles. The number of nitrogens with one attached hydrogen (secondary N) is 3. The van der Waals surface area contributed by atoms with Crippen molar-refractivity contribution in [3.8, 4) is 11.3 Å². The normalized spacial score (nSPS) is 16.6. The summed E-state index contributed by atoms with van der Waals surface area (Å²) in [6, 6.07) is 20.5. The standard InChI is InChI=1S/C20H20N4O/c25-20-10-9-18(22-20)15-7-4-8-16(11-15)21-13-17-12-19(24-23-17)14-5-2-1-3-6-14/h1-8,11-12,18,21H,9-10,13H2,(H,22,25)(H,23,24). The molecule has 3 N–H and O–H groups in total. The monoisotopic (exact) mass is 332 g/mol. The Kier molecular flexibility index (Phi) is 4.21. The molecule has 2 heterocycles. The highest BCUT2D eigenvalue weighted by molar-refractivity contribution is 5.78. The number of rotatable bonds is 5. The maximum atomic E-state index is 11.4. The second kappa shape index (κ2) is 6.81. The fourth-order valence-electron chi connectivity index (χ4n) is 3.14. The molecule has 0 spiro atoms. The van der Waals surface area contributed by atoms with Gasteiger partial charge in [-0.1, -0.05) is 42.5 Å². The first-order chi connectivity index (χ1) is 12.3. The summed E-state index contributed by atoms with van der Waals surface area (Å²) < 4.78 is 0. The Morgan fingerprint density at radius 2 is 1.96 bits per heavy atom. The molecule has 0 saturated carbocycles. The van der Waals surface area contributed by atoms with Crippen LogP contribution in [-0.4, -0.2) is 16.1 Å². The zero-order valence-electron chi connectivity index (χ0n) is 13.8. The van der Waals surface area contributed by atoms with Gasteiger partial charge in [0.1, 0.15) is 0 Å². The molecule has 0 radical (unpaired) electrons. The first-order valence-electron chi connectivity index (χ1n) is 8.51. The molecule has 1 amide bonds. The first kappa shape index (κ1) is 15.4. The third-order valence-electron chi connectivity index (χ3n) is 4.47. The lowest BCUT2D eigenvalue weighted by molar-refractivity contribution is -0.119. The Balaban J connectivity index is 1.42. The molecule has 126 valence electrons. The maximum Gasteiger partial charge on any atom is 0.220 e. The van der Waals surface area contributed by atoms with Crippen LogP contribution < -0.4 is 10.6 Å². The highest BCUT2D eigenvalue weighted by Gasteiger charge is 2.22. The number of hydrogen-bond donors (Lipinski definition) is 3. The largest absolute Gasteiger partial charge is 0.379 e. The van der Waals surface area contributed by atoms with E-state index in [0.29, 0.717) is 13.0 Å². The quantitative estimate of drug-likeness (QED) is 0.668. The van der Waals surface area contributed by atoms with Crippen molar-refractivity contribution in [2.75, 3.05) is 5.32 Å². The highest BCUT2D eigenvalue weighted by atomic mass is 16.1. The van der Waals surface area contributed by atoms with Gasteiger partial charge in [0.05, 0.1) is 24.0 Å². The summed E-state index contributed by atoms with van der Waals surface area (Å²) >= 11 is 0. The molecule has 1 aliphatic heterocycles. The minimum absolute atomic E-state index is 0.131. The number of benzene rings is 2. The van der Waals surface area contributed by atoms with Crippen LogP contribution in [0.1, 0.15) is 30.1 Å². The molecule has 5 heteroatoms. The van der Waals surface area contributed by atoms with Crippen LogP contribution in [0.2, 0.25) is 0 Å². The van der Waals surface area contributed by atoms with Gasteiger partial charge in [-0.2, -0.15) is 5.10 Å². The second-order valence-corrected chi connectivity index (χ2v) is 6.28. The van der Waals surface area contributed by atoms with E-state index < -0.39 is 0 Å². The molecular weight excluding hydrogens is 312 g/mol. The van der Waals surface area contributed by atoms with E-state index in [-0.39, 0.29) is 11.9 Å². The van der Waals surface area contributed by atoms with E-state index in [9.17, 15) is 4.79 Å². The van der Waals surface area contributed by atoms with Gasteiger partial charge in [-0.3, -0.25) is 9.89 Å². The van der Waals surface area contributed by atoms with Crippen molar-refractivity contribution in [2.45, 2.75) is 25.4 Å². The van der Waals surface area contributed by atoms with Crippen LogP contribution in [-0.2, 0) is 11.3 Å². The summed E-state index contributed by atoms with van der Waals surface area (Å²) in [5, 5.41) is 13.9. The van der Waals surface area contributed by atoms with Crippen LogP contribution in [0.3, 0.4) is 0 Å². The smallest absolute Gasteiger partial charge is 0.220 e. The number of H-pyrrole nitrogens is 1. The van der Waals surface area contributed by atoms with Crippen molar-refractivity contribution in [1.82, 2.24) is 15.5 Å². The van der Waals surface area contributed by atoms with Crippen molar-refractivity contribution in [3.63, 3.8) is 0 Å². The number of aromatic amines is 1. The number of hydrogen-bond acceptors (Lipinski definition) is 3. The van der Waals surface area contributed by atoms with Gasteiger partial charge in [-0.25, -0.2) is 0 Å². The lowest BCUT2D eigenvalue weighted by Gasteiger charge is -2.12. The van der Waals surface area contributed by atoms with Gasteiger partial charge in [-0.15, -0.1) is 0 Å². The summed E-state index contributed by atoms with van der Waals surface area (Å²) in [6.45, 7) is 0.667. The average Bonchev–Trinajstić information content (AvgIpc) is 3.30. The third kappa shape index (κ3) is 3.55. The van der Waals surface area contributed by atoms with Gasteiger partial charge < -0.3 is 10.6 Å². The van der Waals surface area contributed by atoms with Crippen molar-refractivity contribution in [2.24, 2.45) is 0 Å². The average molecular weight is 332 g/mol. The van der Waals surface area contributed by atoms with Crippen LogP contribution in [0.4, 0.5) is 5.69 Å². The van der Waals surface area contributed by atoms with E-state index in [1.807, 2.05) is 42.5 Å². The number of carbonyl (C=O) groups excluding carboxylic acids is 1. The van der Waals surface area contributed by atoms with E-state index in [2.05, 4.69) is 39.0 Å². The Hall–Kier alpha value is -3.08. The Morgan fingerprint density at radius 3 is 2.76 bits per heavy atom. The molecule has 1 fully saturated rings. The van der Waals surface area contributed by atoms with Crippen LogP contribution in [0.5, 0.6) is 0 Å². The molecular formula is C20H20N4O. The zero-order valence-corrected chi connectivity index (χ0v) is 13.8. The van der Waals surface area contributed by atoms with E-state index in [1.54, 1.807) is 0 Å². The minimum atomic E-state index is 0.131. The molecule has 5 nitrogen and oxygen atoms in total. The molecule has 3 aromatic rings. The summed E-state index contributed by atoms with van der Waals surface area (Å²) in [7, 11) is 0. The van der Waals surface area contributed by atoms with Gasteiger partial charge in [0, 0.05) is 17.7 Å². The molecule has 1 aliphatic rings. The Bertz CT molecular complexity index is 872. The van der Waals surface area contributed by atoms with E-state index in [4.69, 9.17) is 0 Å². The van der Waals surface area contributed by atoms with E-state index in [0.717, 1.165) is 34.6 Å². The molecule has 0 aliphatic carbocycles. The minimum Gasteiger partial charge on any atom is -0.379 e. The number of carbonyl (C=O) groups is 1. The van der Waals surface area contributed by atoms with Gasteiger partial charge >= 0.3 is 0 Å². The van der Waals surface area contributed by atoms with Crippen LogP contribution >= 0.6 is 0 Å². The van der Waals surface area contributed by atoms with Crippen LogP contribution in [0, 0.1) is 0 Å². The van der Waals surface area contributed by atoms with E-state index >= 15 is 0 Å². The van der Waals surface area contributed by atoms with Crippen LogP contribution in [0.25, 0.3) is 11.3 Å². The number of aromatic nitrogens is 2. The zero-order chi connectivity index (χ0) is 17.1. The summed E-state index contributed by atoms with van der Waals surface area (Å²) in [4.78, 5) is 11.4. The van der Waals surface area contributed by atoms with Crippen molar-refractivity contribution in [1.29, 1.82) is 0 Å². The topological polar surface area (TPSA) is 69.8 Å². The molecule has 4 rings (SSSR count). The van der Waals surface area contributed by atoms with Crippen molar-refractivity contribution >= 4 is 11.6 Å². The fraction of sp³-hybridized carbons (Fsp3) is 0.200. The van der Waals surface area contributed by atoms with Crippen molar-refractivity contribution < 1.29 is 4.79 Å². The molecule has 1 aromatic heterocycles. The first-order valence-corrected chi connectivity index (χ1v) is 8.51. The molecule has 1 atom stereocenters. The van der Waals surface area contributed by atoms with Gasteiger partial charge in [0.25, 0.3) is 0 Å². The summed E-state index contributed by atoms with van der Waals surface area (Å²) in [6.07, 6.45) is 1.47. The predicted molar refractivity (Wildman–Crippen MR) is 97.9 cm³/mol. The molecule has 1 saturated heterocycles. The Morgan fingerprint density at radius 1 is 1.08 bits per heavy atom. The number of nitrogens with zero attached hydrogens (tertiary/aromatic N) is 1. The highest BCUT2D eigenvalue weighted by Crippen LogP contribution is 2.26. The Labute approximate surface area is 146 Å². The van der Waals surface area contributed by atoms with E-state index in [1.165, 1.54) is 0 Å². The van der Waals surface area contributed by atoms with Crippen molar-refractivity contribution in [3.05, 3.63) is 71.9 Å². The SMILES string of the molecule is O=C1CCC(c2cccc(NCc3cc(-c4ccccc4)n[nH]3)c2)N1. The predicted octanol–water partition coefficient (Wildman–Crippen LogP) is 3.64. The van der Waals surface area contributed by atoms with Gasteiger partial charge in [-0.05, 0) is 30.2 Å². The third-order valence-corrected chi connectivity index (χ3v) is 4.47. The van der Waals surface area contributed by atoms with Gasteiger partial charge in [0.2, 0.25) is 5.91 Å². The lowest BCUT2D eigenvalue weighted by atomic mass is 10.0. The number of anilines is 1. The number of amides is 1. The fourth-order valence-corrected chi connectivity index (χ4v) is 3.14. The lowest BCUT2D eigenvalue weighted by Crippen LogP contribution is -2.18. The molecule has 0 bridgehead atoms. The summed E-state index contributed by atoms with van der Waals surface area (Å²) in [5.74, 6) is 0.134. The summed E-state index contributed by atoms with van der Waals surface area (Å²) in [5.41, 5.74) is 5.25. The molecule has 25 heavy (non-hydrogen) atoms. The molecule has 1 unspecified atom stereocenters. The maximum absolute atomic E-state index is 11.4. The van der Waals surface area contributed by atoms with Gasteiger partial charge in [0.15, 0.2) is 0 Å². The second-order valence-electron chi connectivity index (χ2n) is 6.28. The van der Waals surface area contributed by atoms with Crippen LogP contribution in [0.15, 0.2) is 60.7 Å².